The van der Waals surface area contributed by atoms with Gasteiger partial charge in [-0.1, -0.05) is 0 Å². The zero-order valence-electron chi connectivity index (χ0n) is 19.6. The SMILES string of the molecule is COc1cc([C@H]2OC[C@@]3(O)[C@@H]2CO[C@H]3c2cc(OC)c(OC)cc2[NH+]([O-])O)c([NH+]([O-])O)cc1OC. The molecule has 35 heavy (non-hydrogen) atoms. The van der Waals surface area contributed by atoms with Gasteiger partial charge in [-0.3, -0.25) is 0 Å². The molecule has 0 amide bonds. The lowest BCUT2D eigenvalue weighted by Gasteiger charge is -2.29. The van der Waals surface area contributed by atoms with Crippen LogP contribution in [0.4, 0.5) is 11.4 Å². The van der Waals surface area contributed by atoms with Crippen molar-refractivity contribution >= 4 is 11.4 Å². The molecule has 13 nitrogen and oxygen atoms in total. The highest BCUT2D eigenvalue weighted by molar-refractivity contribution is 5.57. The maximum Gasteiger partial charge on any atom is 0.173 e. The second-order valence-electron chi connectivity index (χ2n) is 8.24. The standard InChI is InChI=1S/C22H28N2O11/c1-30-16-5-11(14(23(26)27)7-18(16)32-3)20-13-9-34-21(22(13,25)10-35-20)12-6-17(31-2)19(33-4)8-15(12)24(28)29/h5-8,13,20-21,23-26,28H,9-10H2,1-4H3/t13-,20-,21+,22-/m1/s1. The summed E-state index contributed by atoms with van der Waals surface area (Å²) < 4.78 is 32.9. The first kappa shape index (κ1) is 25.4. The fourth-order valence-electron chi connectivity index (χ4n) is 4.83. The third-order valence-electron chi connectivity index (χ3n) is 6.56. The second kappa shape index (κ2) is 9.73. The van der Waals surface area contributed by atoms with Crippen LogP contribution in [-0.2, 0) is 9.47 Å². The monoisotopic (exact) mass is 496 g/mol. The van der Waals surface area contributed by atoms with Crippen LogP contribution < -0.4 is 29.4 Å². The Balaban J connectivity index is 1.77. The molecule has 5 N–H and O–H groups in total. The van der Waals surface area contributed by atoms with Crippen molar-refractivity contribution in [1.29, 1.82) is 0 Å². The quantitative estimate of drug-likeness (QED) is 0.304. The van der Waals surface area contributed by atoms with Crippen LogP contribution in [-0.4, -0.2) is 62.8 Å². The lowest BCUT2D eigenvalue weighted by molar-refractivity contribution is -0.991. The minimum absolute atomic E-state index is 0.00730. The molecule has 2 aromatic rings. The normalized spacial score (nSPS) is 27.3. The number of methoxy groups -OCH3 is 4. The summed E-state index contributed by atoms with van der Waals surface area (Å²) >= 11 is 0. The van der Waals surface area contributed by atoms with Crippen LogP contribution >= 0.6 is 0 Å². The van der Waals surface area contributed by atoms with Crippen LogP contribution in [0.15, 0.2) is 24.3 Å². The van der Waals surface area contributed by atoms with Gasteiger partial charge in [0.1, 0.15) is 11.7 Å². The predicted octanol–water partition coefficient (Wildman–Crippen LogP) is -0.282. The molecule has 0 aliphatic carbocycles. The van der Waals surface area contributed by atoms with E-state index in [2.05, 4.69) is 0 Å². The van der Waals surface area contributed by atoms with E-state index in [0.717, 1.165) is 0 Å². The molecule has 0 bridgehead atoms. The molecule has 192 valence electrons. The lowest BCUT2D eigenvalue weighted by Crippen LogP contribution is -2.99. The topological polar surface area (TPSA) is 171 Å². The van der Waals surface area contributed by atoms with Gasteiger partial charge in [-0.15, -0.1) is 0 Å². The summed E-state index contributed by atoms with van der Waals surface area (Å²) in [5.74, 6) is 0.325. The van der Waals surface area contributed by atoms with Crippen molar-refractivity contribution in [2.75, 3.05) is 41.7 Å². The van der Waals surface area contributed by atoms with Crippen molar-refractivity contribution in [2.24, 2.45) is 5.92 Å². The summed E-state index contributed by atoms with van der Waals surface area (Å²) in [5.41, 5.74) is -1.36. The van der Waals surface area contributed by atoms with Crippen molar-refractivity contribution in [3.05, 3.63) is 45.8 Å². The summed E-state index contributed by atoms with van der Waals surface area (Å²) in [6.45, 7) is -0.222. The van der Waals surface area contributed by atoms with Crippen LogP contribution in [0.2, 0.25) is 0 Å². The number of nitrogens with one attached hydrogen (secondary N) is 2. The number of aliphatic hydroxyl groups is 1. The van der Waals surface area contributed by atoms with E-state index in [1.807, 2.05) is 0 Å². The number of hydrogen-bond acceptors (Lipinski definition) is 11. The maximum atomic E-state index is 12.0. The number of fused-ring (bicyclic) bond motifs is 1. The molecule has 2 unspecified atom stereocenters. The average Bonchev–Trinajstić information content (AvgIpc) is 3.36. The molecule has 2 aliphatic heterocycles. The molecule has 13 heteroatoms. The van der Waals surface area contributed by atoms with E-state index in [4.69, 9.17) is 28.4 Å². The molecule has 2 fully saturated rings. The highest BCUT2D eigenvalue weighted by Crippen LogP contribution is 2.55. The zero-order chi connectivity index (χ0) is 25.5. The Labute approximate surface area is 200 Å². The summed E-state index contributed by atoms with van der Waals surface area (Å²) in [7, 11) is 5.62. The molecule has 0 saturated carbocycles. The van der Waals surface area contributed by atoms with Crippen molar-refractivity contribution in [2.45, 2.75) is 17.8 Å². The fraction of sp³-hybridized carbons (Fsp3) is 0.455. The van der Waals surface area contributed by atoms with Gasteiger partial charge >= 0.3 is 0 Å². The summed E-state index contributed by atoms with van der Waals surface area (Å²) in [6.07, 6.45) is -1.93. The Hall–Kier alpha value is -2.72. The Morgan fingerprint density at radius 3 is 1.74 bits per heavy atom. The zero-order valence-corrected chi connectivity index (χ0v) is 19.6. The minimum Gasteiger partial charge on any atom is -0.595 e. The highest BCUT2D eigenvalue weighted by Gasteiger charge is 2.61. The van der Waals surface area contributed by atoms with Crippen molar-refractivity contribution in [3.8, 4) is 23.0 Å². The second-order valence-corrected chi connectivity index (χ2v) is 8.24. The van der Waals surface area contributed by atoms with E-state index in [9.17, 15) is 25.9 Å². The van der Waals surface area contributed by atoms with Gasteiger partial charge in [-0.05, 0) is 12.1 Å². The first-order chi connectivity index (χ1) is 16.7. The van der Waals surface area contributed by atoms with Gasteiger partial charge in [-0.2, -0.15) is 10.5 Å². The van der Waals surface area contributed by atoms with E-state index in [-0.39, 0.29) is 53.0 Å². The number of ether oxygens (including phenoxy) is 6. The van der Waals surface area contributed by atoms with E-state index < -0.39 is 34.2 Å². The van der Waals surface area contributed by atoms with Crippen LogP contribution in [0.5, 0.6) is 23.0 Å². The van der Waals surface area contributed by atoms with Gasteiger partial charge in [-0.25, -0.2) is 10.4 Å². The molecular weight excluding hydrogens is 468 g/mol. The molecule has 0 radical (unpaired) electrons. The van der Waals surface area contributed by atoms with Crippen LogP contribution in [0, 0.1) is 16.3 Å². The van der Waals surface area contributed by atoms with Gasteiger partial charge in [0.05, 0.1) is 53.3 Å². The van der Waals surface area contributed by atoms with Crippen LogP contribution in [0.25, 0.3) is 0 Å². The summed E-state index contributed by atoms with van der Waals surface area (Å²) in [4.78, 5) is 0. The fourth-order valence-corrected chi connectivity index (χ4v) is 4.83. The lowest BCUT2D eigenvalue weighted by atomic mass is 9.80. The molecule has 2 heterocycles. The first-order valence-corrected chi connectivity index (χ1v) is 10.6. The molecule has 6 atom stereocenters. The Bertz CT molecular complexity index is 1080. The third-order valence-corrected chi connectivity index (χ3v) is 6.56. The number of hydrogen-bond donors (Lipinski definition) is 5. The molecule has 2 saturated heterocycles. The number of rotatable bonds is 8. The Morgan fingerprint density at radius 1 is 0.800 bits per heavy atom. The van der Waals surface area contributed by atoms with E-state index in [1.165, 1.54) is 52.7 Å². The average molecular weight is 496 g/mol. The minimum atomic E-state index is -1.64. The number of quaternary nitrogens is 2. The van der Waals surface area contributed by atoms with Crippen LogP contribution in [0.1, 0.15) is 23.3 Å². The maximum absolute atomic E-state index is 12.0. The smallest absolute Gasteiger partial charge is 0.173 e. The van der Waals surface area contributed by atoms with Gasteiger partial charge in [0.2, 0.25) is 0 Å². The van der Waals surface area contributed by atoms with E-state index in [0.29, 0.717) is 5.75 Å². The van der Waals surface area contributed by atoms with Gasteiger partial charge < -0.3 is 43.9 Å². The van der Waals surface area contributed by atoms with Gasteiger partial charge in [0, 0.05) is 23.6 Å². The third kappa shape index (κ3) is 4.16. The largest absolute Gasteiger partial charge is 0.595 e. The first-order valence-electron chi connectivity index (χ1n) is 10.6. The summed E-state index contributed by atoms with van der Waals surface area (Å²) in [5, 5.41) is 52.9. The Morgan fingerprint density at radius 2 is 1.26 bits per heavy atom. The van der Waals surface area contributed by atoms with E-state index >= 15 is 0 Å². The van der Waals surface area contributed by atoms with E-state index in [1.54, 1.807) is 0 Å². The molecule has 2 aliphatic rings. The van der Waals surface area contributed by atoms with Crippen molar-refractivity contribution in [1.82, 2.24) is 0 Å². The molecular formula is C22H28N2O11. The molecule has 0 aromatic heterocycles. The van der Waals surface area contributed by atoms with Gasteiger partial charge in [0.25, 0.3) is 0 Å². The number of benzene rings is 2. The summed E-state index contributed by atoms with van der Waals surface area (Å²) in [6, 6.07) is 5.60. The van der Waals surface area contributed by atoms with Crippen molar-refractivity contribution < 1.29 is 54.4 Å². The van der Waals surface area contributed by atoms with Gasteiger partial charge in [0.15, 0.2) is 34.4 Å². The molecule has 2 aromatic carbocycles. The Kier molecular flexibility index (Phi) is 7.06. The van der Waals surface area contributed by atoms with Crippen molar-refractivity contribution in [3.63, 3.8) is 0 Å². The van der Waals surface area contributed by atoms with Crippen LogP contribution in [0.3, 0.4) is 0 Å². The highest BCUT2D eigenvalue weighted by atomic mass is 16.8. The predicted molar refractivity (Wildman–Crippen MR) is 116 cm³/mol. The molecule has 4 rings (SSSR count). The molecule has 0 spiro atoms.